The molecule has 0 bridgehead atoms. The molecule has 2 heterocycles. The van der Waals surface area contributed by atoms with E-state index in [2.05, 4.69) is 37.3 Å². The second kappa shape index (κ2) is 10.5. The fourth-order valence-corrected chi connectivity index (χ4v) is 3.74. The second-order valence-electron chi connectivity index (χ2n) is 7.60. The van der Waals surface area contributed by atoms with Gasteiger partial charge in [-0.1, -0.05) is 0 Å². The van der Waals surface area contributed by atoms with Gasteiger partial charge < -0.3 is 20.7 Å². The molecule has 0 aliphatic carbocycles. The van der Waals surface area contributed by atoms with Crippen LogP contribution in [-0.4, -0.2) is 62.3 Å². The van der Waals surface area contributed by atoms with Crippen molar-refractivity contribution in [2.75, 3.05) is 39.8 Å². The monoisotopic (exact) mass is 395 g/mol. The lowest BCUT2D eigenvalue weighted by Gasteiger charge is -2.27. The van der Waals surface area contributed by atoms with Gasteiger partial charge in [0.2, 0.25) is 0 Å². The van der Waals surface area contributed by atoms with Gasteiger partial charge in [0, 0.05) is 51.2 Å². The first-order valence-electron chi connectivity index (χ1n) is 9.56. The molecular weight excluding hydrogens is 362 g/mol. The van der Waals surface area contributed by atoms with E-state index in [1.54, 1.807) is 7.05 Å². The summed E-state index contributed by atoms with van der Waals surface area (Å²) < 4.78 is 5.20. The van der Waals surface area contributed by atoms with Crippen LogP contribution in [0.1, 0.15) is 37.6 Å². The zero-order valence-corrected chi connectivity index (χ0v) is 17.7. The maximum atomic E-state index is 11.6. The van der Waals surface area contributed by atoms with Gasteiger partial charge in [0.05, 0.1) is 0 Å². The SMILES string of the molecule is CN=C(NCCCNC(=O)OC(C)(C)C)NCCN1CCc2sccc2C1. The van der Waals surface area contributed by atoms with Crippen LogP contribution in [0.15, 0.2) is 16.4 Å². The molecule has 7 nitrogen and oxygen atoms in total. The fraction of sp³-hybridized carbons (Fsp3) is 0.684. The number of alkyl carbamates (subject to hydrolysis) is 1. The smallest absolute Gasteiger partial charge is 0.407 e. The van der Waals surface area contributed by atoms with E-state index in [4.69, 9.17) is 4.74 Å². The summed E-state index contributed by atoms with van der Waals surface area (Å²) in [5.41, 5.74) is 1.01. The maximum absolute atomic E-state index is 11.6. The highest BCUT2D eigenvalue weighted by Crippen LogP contribution is 2.23. The Balaban J connectivity index is 1.54. The van der Waals surface area contributed by atoms with Crippen LogP contribution in [0.5, 0.6) is 0 Å². The van der Waals surface area contributed by atoms with E-state index in [1.165, 1.54) is 10.4 Å². The van der Waals surface area contributed by atoms with Crippen LogP contribution in [0.2, 0.25) is 0 Å². The molecule has 2 rings (SSSR count). The Morgan fingerprint density at radius 3 is 2.74 bits per heavy atom. The Morgan fingerprint density at radius 2 is 2.00 bits per heavy atom. The molecule has 8 heteroatoms. The highest BCUT2D eigenvalue weighted by Gasteiger charge is 2.17. The average Bonchev–Trinajstić information content (AvgIpc) is 3.06. The Hall–Kier alpha value is -1.80. The average molecular weight is 396 g/mol. The third-order valence-corrected chi connectivity index (χ3v) is 5.17. The van der Waals surface area contributed by atoms with Gasteiger partial charge in [-0.25, -0.2) is 4.79 Å². The zero-order valence-electron chi connectivity index (χ0n) is 16.9. The largest absolute Gasteiger partial charge is 0.444 e. The van der Waals surface area contributed by atoms with Crippen molar-refractivity contribution in [2.24, 2.45) is 4.99 Å². The number of fused-ring (bicyclic) bond motifs is 1. The van der Waals surface area contributed by atoms with Crippen molar-refractivity contribution in [1.82, 2.24) is 20.9 Å². The van der Waals surface area contributed by atoms with Gasteiger partial charge in [-0.05, 0) is 50.6 Å². The van der Waals surface area contributed by atoms with Crippen LogP contribution in [0.4, 0.5) is 4.79 Å². The van der Waals surface area contributed by atoms with Crippen LogP contribution in [0, 0.1) is 0 Å². The molecule has 0 aromatic carbocycles. The molecular formula is C19H33N5O2S. The van der Waals surface area contributed by atoms with E-state index >= 15 is 0 Å². The Labute approximate surface area is 166 Å². The summed E-state index contributed by atoms with van der Waals surface area (Å²) >= 11 is 1.87. The van der Waals surface area contributed by atoms with Crippen LogP contribution < -0.4 is 16.0 Å². The summed E-state index contributed by atoms with van der Waals surface area (Å²) in [6.45, 7) is 10.9. The van der Waals surface area contributed by atoms with Crippen molar-refractivity contribution in [3.8, 4) is 0 Å². The summed E-state index contributed by atoms with van der Waals surface area (Å²) in [5.74, 6) is 0.792. The standard InChI is InChI=1S/C19H33N5O2S/c1-19(2,3)26-18(25)23-9-5-8-21-17(20-4)22-10-12-24-11-6-16-15(14-24)7-13-27-16/h7,13H,5-6,8-12,14H2,1-4H3,(H,23,25)(H2,20,21,22). The number of nitrogens with zero attached hydrogens (tertiary/aromatic N) is 2. The summed E-state index contributed by atoms with van der Waals surface area (Å²) in [6, 6.07) is 2.24. The molecule has 3 N–H and O–H groups in total. The Kier molecular flexibility index (Phi) is 8.37. The topological polar surface area (TPSA) is 78.0 Å². The third-order valence-electron chi connectivity index (χ3n) is 4.15. The van der Waals surface area contributed by atoms with E-state index in [0.717, 1.165) is 51.5 Å². The normalized spacial score (nSPS) is 15.2. The van der Waals surface area contributed by atoms with Crippen molar-refractivity contribution in [2.45, 2.75) is 45.8 Å². The molecule has 0 saturated heterocycles. The van der Waals surface area contributed by atoms with E-state index < -0.39 is 5.60 Å². The maximum Gasteiger partial charge on any atom is 0.407 e. The van der Waals surface area contributed by atoms with Crippen molar-refractivity contribution in [1.29, 1.82) is 0 Å². The Morgan fingerprint density at radius 1 is 1.26 bits per heavy atom. The number of carbonyl (C=O) groups is 1. The molecule has 0 saturated carbocycles. The predicted molar refractivity (Wildman–Crippen MR) is 112 cm³/mol. The highest BCUT2D eigenvalue weighted by molar-refractivity contribution is 7.10. The summed E-state index contributed by atoms with van der Waals surface area (Å²) in [5, 5.41) is 11.6. The van der Waals surface area contributed by atoms with Crippen molar-refractivity contribution in [3.63, 3.8) is 0 Å². The number of rotatable bonds is 7. The molecule has 152 valence electrons. The van der Waals surface area contributed by atoms with E-state index in [0.29, 0.717) is 6.54 Å². The van der Waals surface area contributed by atoms with Gasteiger partial charge in [-0.15, -0.1) is 11.3 Å². The molecule has 0 unspecified atom stereocenters. The van der Waals surface area contributed by atoms with E-state index in [-0.39, 0.29) is 6.09 Å². The van der Waals surface area contributed by atoms with Gasteiger partial charge in [0.1, 0.15) is 5.60 Å². The van der Waals surface area contributed by atoms with Crippen LogP contribution >= 0.6 is 11.3 Å². The van der Waals surface area contributed by atoms with Crippen LogP contribution in [-0.2, 0) is 17.7 Å². The van der Waals surface area contributed by atoms with Crippen molar-refractivity contribution < 1.29 is 9.53 Å². The summed E-state index contributed by atoms with van der Waals surface area (Å²) in [4.78, 5) is 19.8. The second-order valence-corrected chi connectivity index (χ2v) is 8.60. The van der Waals surface area contributed by atoms with Gasteiger partial charge in [-0.3, -0.25) is 9.89 Å². The molecule has 0 radical (unpaired) electrons. The van der Waals surface area contributed by atoms with Crippen molar-refractivity contribution in [3.05, 3.63) is 21.9 Å². The number of amides is 1. The Bertz CT molecular complexity index is 624. The number of thiophene rings is 1. The predicted octanol–water partition coefficient (Wildman–Crippen LogP) is 2.19. The fourth-order valence-electron chi connectivity index (χ4n) is 2.85. The number of hydrogen-bond donors (Lipinski definition) is 3. The number of hydrogen-bond acceptors (Lipinski definition) is 5. The number of aliphatic imine (C=N–C) groups is 1. The minimum atomic E-state index is -0.465. The third kappa shape index (κ3) is 8.17. The minimum absolute atomic E-state index is 0.375. The van der Waals surface area contributed by atoms with Gasteiger partial charge in [-0.2, -0.15) is 0 Å². The quantitative estimate of drug-likeness (QED) is 0.375. The summed E-state index contributed by atoms with van der Waals surface area (Å²) in [7, 11) is 1.77. The van der Waals surface area contributed by atoms with Crippen LogP contribution in [0.25, 0.3) is 0 Å². The molecule has 0 atom stereocenters. The number of ether oxygens (including phenoxy) is 1. The van der Waals surface area contributed by atoms with Gasteiger partial charge >= 0.3 is 6.09 Å². The van der Waals surface area contributed by atoms with Gasteiger partial charge in [0.15, 0.2) is 5.96 Å². The lowest BCUT2D eigenvalue weighted by molar-refractivity contribution is 0.0527. The first-order chi connectivity index (χ1) is 12.9. The van der Waals surface area contributed by atoms with E-state index in [1.807, 2.05) is 32.1 Å². The van der Waals surface area contributed by atoms with Crippen LogP contribution in [0.3, 0.4) is 0 Å². The minimum Gasteiger partial charge on any atom is -0.444 e. The first-order valence-corrected chi connectivity index (χ1v) is 10.4. The number of nitrogens with one attached hydrogen (secondary N) is 3. The first kappa shape index (κ1) is 21.5. The molecule has 1 aliphatic heterocycles. The summed E-state index contributed by atoms with van der Waals surface area (Å²) in [6.07, 6.45) is 1.58. The molecule has 1 aromatic rings. The molecule has 1 amide bonds. The van der Waals surface area contributed by atoms with Gasteiger partial charge in [0.25, 0.3) is 0 Å². The molecule has 0 fully saturated rings. The van der Waals surface area contributed by atoms with E-state index in [9.17, 15) is 4.79 Å². The zero-order chi connectivity index (χ0) is 19.7. The molecule has 0 spiro atoms. The molecule has 1 aromatic heterocycles. The molecule has 1 aliphatic rings. The van der Waals surface area contributed by atoms with Crippen molar-refractivity contribution >= 4 is 23.4 Å². The molecule has 27 heavy (non-hydrogen) atoms. The number of carbonyl (C=O) groups excluding carboxylic acids is 1. The highest BCUT2D eigenvalue weighted by atomic mass is 32.1. The lowest BCUT2D eigenvalue weighted by atomic mass is 10.1. The number of guanidine groups is 1. The lowest BCUT2D eigenvalue weighted by Crippen LogP contribution is -2.43.